The molecule has 1 aliphatic heterocycles. The molecule has 0 atom stereocenters. The van der Waals surface area contributed by atoms with Crippen LogP contribution in [0.15, 0.2) is 48.5 Å². The molecule has 0 aliphatic carbocycles. The minimum atomic E-state index is -0.370. The predicted octanol–water partition coefficient (Wildman–Crippen LogP) is 3.15. The summed E-state index contributed by atoms with van der Waals surface area (Å²) >= 11 is 0. The number of piperazine rings is 1. The Morgan fingerprint density at radius 2 is 1.66 bits per heavy atom. The van der Waals surface area contributed by atoms with Gasteiger partial charge in [-0.15, -0.1) is 0 Å². The summed E-state index contributed by atoms with van der Waals surface area (Å²) in [5.74, 6) is -0.658. The molecule has 0 unspecified atom stereocenters. The summed E-state index contributed by atoms with van der Waals surface area (Å²) in [7, 11) is 0. The van der Waals surface area contributed by atoms with Crippen LogP contribution >= 0.6 is 0 Å². The van der Waals surface area contributed by atoms with Crippen molar-refractivity contribution in [2.24, 2.45) is 0 Å². The zero-order chi connectivity index (χ0) is 20.6. The molecule has 1 heterocycles. The molecule has 1 saturated heterocycles. The second-order valence-electron chi connectivity index (χ2n) is 6.90. The number of esters is 1. The van der Waals surface area contributed by atoms with Crippen molar-refractivity contribution in [1.29, 1.82) is 0 Å². The first-order valence-corrected chi connectivity index (χ1v) is 9.85. The molecule has 0 bridgehead atoms. The Bertz CT molecular complexity index is 816. The van der Waals surface area contributed by atoms with Crippen molar-refractivity contribution in [1.82, 2.24) is 4.90 Å². The average Bonchev–Trinajstić information content (AvgIpc) is 2.74. The summed E-state index contributed by atoms with van der Waals surface area (Å²) in [5, 5.41) is 2.86. The van der Waals surface area contributed by atoms with Crippen LogP contribution in [0.25, 0.3) is 0 Å². The molecule has 1 aliphatic rings. The predicted molar refractivity (Wildman–Crippen MR) is 111 cm³/mol. The molecule has 7 heteroatoms. The third kappa shape index (κ3) is 6.02. The van der Waals surface area contributed by atoms with Gasteiger partial charge in [0.25, 0.3) is 0 Å². The molecule has 2 aromatic rings. The molecule has 1 N–H and O–H groups in total. The van der Waals surface area contributed by atoms with E-state index in [1.165, 1.54) is 12.1 Å². The highest BCUT2D eigenvalue weighted by Crippen LogP contribution is 2.17. The van der Waals surface area contributed by atoms with E-state index in [1.54, 1.807) is 43.3 Å². The Kier molecular flexibility index (Phi) is 7.19. The number of nitrogens with one attached hydrogen (secondary N) is 1. The number of hydrogen-bond donors (Lipinski definition) is 1. The maximum atomic E-state index is 13.0. The third-order valence-corrected chi connectivity index (χ3v) is 4.90. The van der Waals surface area contributed by atoms with E-state index < -0.39 is 0 Å². The van der Waals surface area contributed by atoms with E-state index in [1.807, 2.05) is 0 Å². The lowest BCUT2D eigenvalue weighted by Gasteiger charge is -2.36. The van der Waals surface area contributed by atoms with Gasteiger partial charge in [0.2, 0.25) is 5.91 Å². The van der Waals surface area contributed by atoms with Crippen LogP contribution in [0.3, 0.4) is 0 Å². The molecule has 6 nitrogen and oxygen atoms in total. The van der Waals surface area contributed by atoms with Gasteiger partial charge < -0.3 is 15.0 Å². The second kappa shape index (κ2) is 10.0. The first-order chi connectivity index (χ1) is 14.0. The third-order valence-electron chi connectivity index (χ3n) is 4.90. The number of nitrogens with zero attached hydrogens (tertiary/aromatic N) is 2. The first-order valence-electron chi connectivity index (χ1n) is 9.85. The summed E-state index contributed by atoms with van der Waals surface area (Å²) in [5.41, 5.74) is 2.14. The normalized spacial score (nSPS) is 14.5. The highest BCUT2D eigenvalue weighted by atomic mass is 19.1. The Hall–Kier alpha value is -2.93. The van der Waals surface area contributed by atoms with Crippen molar-refractivity contribution in [3.05, 3.63) is 59.9 Å². The smallest absolute Gasteiger partial charge is 0.338 e. The number of ether oxygens (including phenoxy) is 1. The summed E-state index contributed by atoms with van der Waals surface area (Å²) in [4.78, 5) is 28.3. The van der Waals surface area contributed by atoms with Gasteiger partial charge in [0, 0.05) is 50.5 Å². The van der Waals surface area contributed by atoms with Gasteiger partial charge in [-0.3, -0.25) is 9.69 Å². The fourth-order valence-electron chi connectivity index (χ4n) is 3.27. The highest BCUT2D eigenvalue weighted by molar-refractivity contribution is 5.93. The lowest BCUT2D eigenvalue weighted by molar-refractivity contribution is -0.116. The van der Waals surface area contributed by atoms with Gasteiger partial charge in [-0.2, -0.15) is 0 Å². The van der Waals surface area contributed by atoms with Crippen LogP contribution in [0.5, 0.6) is 0 Å². The Morgan fingerprint density at radius 1 is 1.00 bits per heavy atom. The van der Waals surface area contributed by atoms with E-state index in [0.29, 0.717) is 30.8 Å². The molecule has 1 amide bonds. The molecule has 0 spiro atoms. The van der Waals surface area contributed by atoms with Crippen LogP contribution in [-0.2, 0) is 9.53 Å². The van der Waals surface area contributed by atoms with Gasteiger partial charge in [0.15, 0.2) is 0 Å². The second-order valence-corrected chi connectivity index (χ2v) is 6.90. The standard InChI is InChI=1S/C22H26FN3O3/c1-2-29-22(28)17-3-7-19(8-4-17)24-21(27)11-12-25-13-15-26(16-14-25)20-9-5-18(23)6-10-20/h3-10H,2,11-16H2,1H3,(H,24,27). The largest absolute Gasteiger partial charge is 0.462 e. The minimum Gasteiger partial charge on any atom is -0.462 e. The maximum absolute atomic E-state index is 13.0. The number of rotatable bonds is 7. The maximum Gasteiger partial charge on any atom is 0.338 e. The van der Waals surface area contributed by atoms with Crippen molar-refractivity contribution in [2.45, 2.75) is 13.3 Å². The average molecular weight is 399 g/mol. The molecule has 0 radical (unpaired) electrons. The van der Waals surface area contributed by atoms with Crippen LogP contribution in [0.1, 0.15) is 23.7 Å². The number of hydrogen-bond acceptors (Lipinski definition) is 5. The van der Waals surface area contributed by atoms with Gasteiger partial charge in [-0.05, 0) is 55.5 Å². The lowest BCUT2D eigenvalue weighted by atomic mass is 10.2. The summed E-state index contributed by atoms with van der Waals surface area (Å²) in [6.45, 7) is 6.19. The fourth-order valence-corrected chi connectivity index (χ4v) is 3.27. The lowest BCUT2D eigenvalue weighted by Crippen LogP contribution is -2.47. The van der Waals surface area contributed by atoms with Crippen molar-refractivity contribution in [3.63, 3.8) is 0 Å². The van der Waals surface area contributed by atoms with Gasteiger partial charge in [-0.1, -0.05) is 0 Å². The van der Waals surface area contributed by atoms with E-state index in [-0.39, 0.29) is 17.7 Å². The van der Waals surface area contributed by atoms with Gasteiger partial charge in [-0.25, -0.2) is 9.18 Å². The molecule has 154 valence electrons. The van der Waals surface area contributed by atoms with E-state index in [0.717, 1.165) is 31.9 Å². The van der Waals surface area contributed by atoms with Gasteiger partial charge in [0.05, 0.1) is 12.2 Å². The van der Waals surface area contributed by atoms with E-state index in [4.69, 9.17) is 4.74 Å². The van der Waals surface area contributed by atoms with Gasteiger partial charge in [0.1, 0.15) is 5.82 Å². The molecular weight excluding hydrogens is 373 g/mol. The monoisotopic (exact) mass is 399 g/mol. The Morgan fingerprint density at radius 3 is 2.28 bits per heavy atom. The molecule has 3 rings (SSSR count). The number of amides is 1. The van der Waals surface area contributed by atoms with Crippen molar-refractivity contribution in [2.75, 3.05) is 49.5 Å². The van der Waals surface area contributed by atoms with E-state index in [2.05, 4.69) is 15.1 Å². The molecule has 0 aromatic heterocycles. The minimum absolute atomic E-state index is 0.0603. The zero-order valence-corrected chi connectivity index (χ0v) is 16.6. The van der Waals surface area contributed by atoms with Crippen LogP contribution in [0, 0.1) is 5.82 Å². The highest BCUT2D eigenvalue weighted by Gasteiger charge is 2.18. The molecule has 0 saturated carbocycles. The summed E-state index contributed by atoms with van der Waals surface area (Å²) < 4.78 is 18.0. The topological polar surface area (TPSA) is 61.9 Å². The number of halogens is 1. The quantitative estimate of drug-likeness (QED) is 0.725. The molecule has 2 aromatic carbocycles. The molecule has 1 fully saturated rings. The number of anilines is 2. The number of carbonyl (C=O) groups is 2. The molecule has 29 heavy (non-hydrogen) atoms. The summed E-state index contributed by atoms with van der Waals surface area (Å²) in [6.07, 6.45) is 0.399. The fraction of sp³-hybridized carbons (Fsp3) is 0.364. The zero-order valence-electron chi connectivity index (χ0n) is 16.6. The Labute approximate surface area is 170 Å². The van der Waals surface area contributed by atoms with Crippen LogP contribution in [0.4, 0.5) is 15.8 Å². The van der Waals surface area contributed by atoms with Crippen molar-refractivity contribution < 1.29 is 18.7 Å². The van der Waals surface area contributed by atoms with Crippen LogP contribution in [0.2, 0.25) is 0 Å². The SMILES string of the molecule is CCOC(=O)c1ccc(NC(=O)CCN2CCN(c3ccc(F)cc3)CC2)cc1. The first kappa shape index (κ1) is 20.8. The van der Waals surface area contributed by atoms with Crippen molar-refractivity contribution >= 4 is 23.3 Å². The Balaban J connectivity index is 1.40. The van der Waals surface area contributed by atoms with E-state index >= 15 is 0 Å². The number of carbonyl (C=O) groups excluding carboxylic acids is 2. The summed E-state index contributed by atoms with van der Waals surface area (Å²) in [6, 6.07) is 13.2. The number of benzene rings is 2. The van der Waals surface area contributed by atoms with Crippen LogP contribution < -0.4 is 10.2 Å². The molecular formula is C22H26FN3O3. The van der Waals surface area contributed by atoms with E-state index in [9.17, 15) is 14.0 Å². The van der Waals surface area contributed by atoms with Crippen molar-refractivity contribution in [3.8, 4) is 0 Å². The van der Waals surface area contributed by atoms with Gasteiger partial charge >= 0.3 is 5.97 Å². The van der Waals surface area contributed by atoms with Crippen LogP contribution in [-0.4, -0.2) is 56.1 Å².